The summed E-state index contributed by atoms with van der Waals surface area (Å²) in [5.41, 5.74) is 5.77. The number of carboxylic acid groups (broad SMARTS) is 1. The summed E-state index contributed by atoms with van der Waals surface area (Å²) in [7, 11) is 0. The number of nitrogens with zero attached hydrogens (tertiary/aromatic N) is 7. The van der Waals surface area contributed by atoms with E-state index in [1.807, 2.05) is 54.7 Å². The maximum Gasteiger partial charge on any atom is 0.355 e. The van der Waals surface area contributed by atoms with Crippen LogP contribution in [-0.4, -0.2) is 45.7 Å². The molecule has 10 rings (SSSR count). The fraction of sp³-hybridized carbons (Fsp3) is 0.371. The van der Waals surface area contributed by atoms with Crippen molar-refractivity contribution >= 4 is 44.0 Å². The zero-order valence-electron chi connectivity index (χ0n) is 25.6. The summed E-state index contributed by atoms with van der Waals surface area (Å²) in [5, 5.41) is 32.6. The number of nitrogens with one attached hydrogen (secondary N) is 1. The first kappa shape index (κ1) is 27.7. The third kappa shape index (κ3) is 4.59. The zero-order chi connectivity index (χ0) is 31.0. The lowest BCUT2D eigenvalue weighted by molar-refractivity contribution is 0.0169. The Balaban J connectivity index is 1.01. The standard InChI is InChI=1S/C35H34N8O2S/c1-20-25(17-36-42(20)19-35-14-21-6-7-22(15-35)13-23(12-21)16-35)24-8-10-29-26(18-37-43(29)32(24)33(44)45)27-9-11-31(41-40-27)39-34-38-28-4-2-3-5-30(28)46-34/h2-5,8-11,17-18,21-23H,6-7,12-16,19H2,1H3,(H,44,45)(H,38,39,41). The van der Waals surface area contributed by atoms with Crippen molar-refractivity contribution in [1.29, 1.82) is 0 Å². The zero-order valence-corrected chi connectivity index (χ0v) is 26.4. The van der Waals surface area contributed by atoms with E-state index < -0.39 is 5.97 Å². The molecule has 11 heteroatoms. The molecule has 2 unspecified atom stereocenters. The Morgan fingerprint density at radius 2 is 1.72 bits per heavy atom. The number of rotatable bonds is 7. The number of aromatic nitrogens is 7. The third-order valence-electron chi connectivity index (χ3n) is 10.7. The number of carbonyl (C=O) groups is 1. The number of thiazole rings is 1. The minimum Gasteiger partial charge on any atom is -0.476 e. The minimum absolute atomic E-state index is 0.111. The molecule has 5 aromatic heterocycles. The molecule has 4 saturated carbocycles. The van der Waals surface area contributed by atoms with Crippen LogP contribution in [0.2, 0.25) is 0 Å². The monoisotopic (exact) mass is 630 g/mol. The average molecular weight is 631 g/mol. The largest absolute Gasteiger partial charge is 0.476 e. The number of aromatic carboxylic acids is 1. The Morgan fingerprint density at radius 3 is 2.48 bits per heavy atom. The van der Waals surface area contributed by atoms with Gasteiger partial charge >= 0.3 is 5.97 Å². The van der Waals surface area contributed by atoms with Gasteiger partial charge in [0.1, 0.15) is 0 Å². The molecular weight excluding hydrogens is 597 g/mol. The maximum atomic E-state index is 12.8. The smallest absolute Gasteiger partial charge is 0.355 e. The van der Waals surface area contributed by atoms with E-state index in [0.717, 1.165) is 50.9 Å². The third-order valence-corrected chi connectivity index (χ3v) is 11.7. The van der Waals surface area contributed by atoms with Crippen molar-refractivity contribution in [2.24, 2.45) is 23.2 Å². The van der Waals surface area contributed by atoms with Crippen LogP contribution in [0.25, 0.3) is 38.1 Å². The van der Waals surface area contributed by atoms with Crippen LogP contribution in [0.5, 0.6) is 0 Å². The second kappa shape index (κ2) is 10.4. The van der Waals surface area contributed by atoms with Gasteiger partial charge in [-0.25, -0.2) is 14.3 Å². The quantitative estimate of drug-likeness (QED) is 0.185. The molecule has 0 aliphatic heterocycles. The summed E-state index contributed by atoms with van der Waals surface area (Å²) in [6.45, 7) is 2.99. The van der Waals surface area contributed by atoms with Crippen molar-refractivity contribution in [3.8, 4) is 22.4 Å². The van der Waals surface area contributed by atoms with Crippen molar-refractivity contribution in [1.82, 2.24) is 34.6 Å². The van der Waals surface area contributed by atoms with Crippen molar-refractivity contribution in [3.05, 3.63) is 72.3 Å². The number of pyridine rings is 1. The fourth-order valence-electron chi connectivity index (χ4n) is 9.00. The summed E-state index contributed by atoms with van der Waals surface area (Å²) >= 11 is 1.55. The van der Waals surface area contributed by atoms with Gasteiger partial charge in [-0.3, -0.25) is 4.68 Å². The number of anilines is 2. The lowest BCUT2D eigenvalue weighted by Gasteiger charge is -2.48. The molecule has 10 nitrogen and oxygen atoms in total. The van der Waals surface area contributed by atoms with Crippen LogP contribution < -0.4 is 5.32 Å². The van der Waals surface area contributed by atoms with Gasteiger partial charge < -0.3 is 10.4 Å². The number of hydrogen-bond acceptors (Lipinski definition) is 8. The Labute approximate surface area is 269 Å². The number of hydrogen-bond donors (Lipinski definition) is 2. The van der Waals surface area contributed by atoms with Gasteiger partial charge in [-0.15, -0.1) is 10.2 Å². The molecule has 0 spiro atoms. The molecule has 5 heterocycles. The van der Waals surface area contributed by atoms with E-state index in [-0.39, 0.29) is 5.69 Å². The molecule has 0 amide bonds. The van der Waals surface area contributed by atoms with Crippen LogP contribution in [-0.2, 0) is 6.54 Å². The van der Waals surface area contributed by atoms with E-state index in [4.69, 9.17) is 5.10 Å². The number of benzene rings is 1. The topological polar surface area (TPSA) is 123 Å². The number of para-hydroxylation sites is 1. The first-order valence-electron chi connectivity index (χ1n) is 16.1. The molecule has 46 heavy (non-hydrogen) atoms. The number of fused-ring (bicyclic) bond motifs is 3. The van der Waals surface area contributed by atoms with Crippen LogP contribution in [0.4, 0.5) is 10.9 Å². The second-order valence-electron chi connectivity index (χ2n) is 13.7. The van der Waals surface area contributed by atoms with Gasteiger partial charge in [-0.1, -0.05) is 36.3 Å². The molecule has 0 radical (unpaired) electrons. The molecule has 4 aliphatic carbocycles. The molecule has 0 saturated heterocycles. The lowest BCUT2D eigenvalue weighted by atomic mass is 9.58. The first-order valence-corrected chi connectivity index (χ1v) is 17.0. The normalized spacial score (nSPS) is 23.7. The van der Waals surface area contributed by atoms with Crippen LogP contribution in [0.15, 0.2) is 60.9 Å². The lowest BCUT2D eigenvalue weighted by Crippen LogP contribution is -2.40. The van der Waals surface area contributed by atoms with Crippen molar-refractivity contribution in [2.45, 2.75) is 58.4 Å². The predicted molar refractivity (Wildman–Crippen MR) is 177 cm³/mol. The van der Waals surface area contributed by atoms with Crippen LogP contribution in [0.3, 0.4) is 0 Å². The van der Waals surface area contributed by atoms with Crippen LogP contribution >= 0.6 is 11.3 Å². The Kier molecular flexibility index (Phi) is 6.28. The maximum absolute atomic E-state index is 12.8. The molecular formula is C35H34N8O2S. The Hall–Kier alpha value is -4.64. The Morgan fingerprint density at radius 1 is 0.935 bits per heavy atom. The van der Waals surface area contributed by atoms with Gasteiger partial charge in [-0.2, -0.15) is 10.2 Å². The van der Waals surface area contributed by atoms with E-state index >= 15 is 0 Å². The van der Waals surface area contributed by atoms with Crippen molar-refractivity contribution in [2.75, 3.05) is 5.32 Å². The van der Waals surface area contributed by atoms with Crippen molar-refractivity contribution < 1.29 is 9.90 Å². The first-order chi connectivity index (χ1) is 22.4. The summed E-state index contributed by atoms with van der Waals surface area (Å²) in [6.07, 6.45) is 13.0. The highest BCUT2D eigenvalue weighted by molar-refractivity contribution is 7.22. The highest BCUT2D eigenvalue weighted by atomic mass is 32.1. The van der Waals surface area contributed by atoms with Gasteiger partial charge in [0.05, 0.1) is 33.8 Å². The molecule has 4 fully saturated rings. The fourth-order valence-corrected chi connectivity index (χ4v) is 9.88. The predicted octanol–water partition coefficient (Wildman–Crippen LogP) is 7.62. The summed E-state index contributed by atoms with van der Waals surface area (Å²) in [6, 6.07) is 15.5. The van der Waals surface area contributed by atoms with E-state index in [2.05, 4.69) is 37.2 Å². The highest BCUT2D eigenvalue weighted by Crippen LogP contribution is 2.58. The van der Waals surface area contributed by atoms with Gasteiger partial charge in [0.2, 0.25) is 0 Å². The van der Waals surface area contributed by atoms with Crippen molar-refractivity contribution in [3.63, 3.8) is 0 Å². The van der Waals surface area contributed by atoms with E-state index in [9.17, 15) is 9.90 Å². The molecule has 1 aromatic carbocycles. The van der Waals surface area contributed by atoms with Crippen LogP contribution in [0.1, 0.15) is 61.1 Å². The SMILES string of the molecule is Cc1c(-c2ccc3c(-c4ccc(Nc5nc6ccccc6s5)nn4)cnn3c2C(=O)O)cnn1CC12CC3CCC(CC(C3)C1)C2. The highest BCUT2D eigenvalue weighted by Gasteiger charge is 2.48. The molecule has 2 atom stereocenters. The van der Waals surface area contributed by atoms with E-state index in [0.29, 0.717) is 33.6 Å². The summed E-state index contributed by atoms with van der Waals surface area (Å²) in [4.78, 5) is 17.4. The molecule has 232 valence electrons. The Bertz CT molecular complexity index is 2080. The number of carboxylic acids is 1. The molecule has 6 aromatic rings. The van der Waals surface area contributed by atoms with Gasteiger partial charge in [0.15, 0.2) is 16.6 Å². The summed E-state index contributed by atoms with van der Waals surface area (Å²) < 4.78 is 4.74. The van der Waals surface area contributed by atoms with E-state index in [1.54, 1.807) is 17.5 Å². The van der Waals surface area contributed by atoms with Crippen LogP contribution in [0, 0.1) is 30.1 Å². The van der Waals surface area contributed by atoms with Gasteiger partial charge in [0, 0.05) is 28.9 Å². The van der Waals surface area contributed by atoms with E-state index in [1.165, 1.54) is 49.5 Å². The van der Waals surface area contributed by atoms with Gasteiger partial charge in [0.25, 0.3) is 0 Å². The molecule has 2 N–H and O–H groups in total. The second-order valence-corrected chi connectivity index (χ2v) is 14.8. The van der Waals surface area contributed by atoms with Gasteiger partial charge in [-0.05, 0) is 98.6 Å². The average Bonchev–Trinajstić information content (AvgIpc) is 3.71. The minimum atomic E-state index is -1.04. The molecule has 4 bridgehead atoms. The summed E-state index contributed by atoms with van der Waals surface area (Å²) in [5.74, 6) is 2.10. The molecule has 4 aliphatic rings.